The normalized spacial score (nSPS) is 12.1. The largest absolute Gasteiger partial charge is 0.342 e. The van der Waals surface area contributed by atoms with E-state index in [9.17, 15) is 9.18 Å². The van der Waals surface area contributed by atoms with Gasteiger partial charge in [-0.25, -0.2) is 9.37 Å². The second-order valence-corrected chi connectivity index (χ2v) is 7.22. The monoisotopic (exact) mass is 407 g/mol. The van der Waals surface area contributed by atoms with Gasteiger partial charge in [0.1, 0.15) is 11.6 Å². The van der Waals surface area contributed by atoms with Gasteiger partial charge in [-0.05, 0) is 37.3 Å². The van der Waals surface area contributed by atoms with Crippen molar-refractivity contribution in [3.05, 3.63) is 101 Å². The first-order valence-corrected chi connectivity index (χ1v) is 9.66. The average Bonchev–Trinajstić information content (AvgIpc) is 3.08. The van der Waals surface area contributed by atoms with Crippen LogP contribution in [0.2, 0.25) is 5.02 Å². The maximum Gasteiger partial charge on any atom is 0.253 e. The molecule has 4 nitrogen and oxygen atoms in total. The van der Waals surface area contributed by atoms with Crippen LogP contribution in [-0.2, 0) is 6.54 Å². The lowest BCUT2D eigenvalue weighted by Gasteiger charge is -2.17. The lowest BCUT2D eigenvalue weighted by Crippen LogP contribution is -2.29. The van der Waals surface area contributed by atoms with Gasteiger partial charge in [0.15, 0.2) is 0 Å². The molecule has 0 unspecified atom stereocenters. The fourth-order valence-electron chi connectivity index (χ4n) is 3.37. The molecule has 0 bridgehead atoms. The van der Waals surface area contributed by atoms with E-state index in [-0.39, 0.29) is 11.7 Å². The molecule has 0 saturated carbocycles. The molecule has 1 atom stereocenters. The molecule has 0 spiro atoms. The number of nitrogens with one attached hydrogen (secondary N) is 1. The molecule has 146 valence electrons. The first-order valence-electron chi connectivity index (χ1n) is 9.28. The summed E-state index contributed by atoms with van der Waals surface area (Å²) in [7, 11) is 0. The number of amides is 1. The van der Waals surface area contributed by atoms with E-state index in [1.54, 1.807) is 42.5 Å². The van der Waals surface area contributed by atoms with Gasteiger partial charge >= 0.3 is 0 Å². The number of rotatable bonds is 5. The third kappa shape index (κ3) is 3.87. The standard InChI is InChI=1S/C23H19ClFN3O/c1-15(26-23(29)17-9-3-4-10-18(17)24)22-27-20-12-6-7-13-21(20)28(22)14-16-8-2-5-11-19(16)25/h2-13,15H,14H2,1H3,(H,26,29)/t15-/m0/s1. The molecule has 4 aromatic rings. The van der Waals surface area contributed by atoms with Crippen molar-refractivity contribution in [1.82, 2.24) is 14.9 Å². The Morgan fingerprint density at radius 3 is 2.55 bits per heavy atom. The summed E-state index contributed by atoms with van der Waals surface area (Å²) < 4.78 is 16.2. The highest BCUT2D eigenvalue weighted by molar-refractivity contribution is 6.33. The van der Waals surface area contributed by atoms with E-state index in [1.165, 1.54) is 6.07 Å². The predicted molar refractivity (Wildman–Crippen MR) is 113 cm³/mol. The molecule has 4 rings (SSSR count). The molecule has 1 heterocycles. The fraction of sp³-hybridized carbons (Fsp3) is 0.130. The number of hydrogen-bond acceptors (Lipinski definition) is 2. The van der Waals surface area contributed by atoms with Crippen molar-refractivity contribution in [2.45, 2.75) is 19.5 Å². The third-order valence-electron chi connectivity index (χ3n) is 4.82. The highest BCUT2D eigenvalue weighted by Crippen LogP contribution is 2.24. The zero-order chi connectivity index (χ0) is 20.4. The van der Waals surface area contributed by atoms with Crippen molar-refractivity contribution >= 4 is 28.5 Å². The maximum absolute atomic E-state index is 14.3. The van der Waals surface area contributed by atoms with Crippen LogP contribution >= 0.6 is 11.6 Å². The zero-order valence-electron chi connectivity index (χ0n) is 15.8. The minimum absolute atomic E-state index is 0.274. The van der Waals surface area contributed by atoms with E-state index >= 15 is 0 Å². The molecule has 0 fully saturated rings. The quantitative estimate of drug-likeness (QED) is 0.483. The molecule has 0 aliphatic heterocycles. The number of imidazole rings is 1. The number of nitrogens with zero attached hydrogens (tertiary/aromatic N) is 2. The Morgan fingerprint density at radius 2 is 1.76 bits per heavy atom. The van der Waals surface area contributed by atoms with Gasteiger partial charge in [0.25, 0.3) is 5.91 Å². The molecule has 0 aliphatic carbocycles. The van der Waals surface area contributed by atoms with E-state index in [0.29, 0.717) is 28.5 Å². The molecule has 1 N–H and O–H groups in total. The van der Waals surface area contributed by atoms with Gasteiger partial charge in [0.05, 0.1) is 34.2 Å². The molecule has 0 saturated heterocycles. The highest BCUT2D eigenvalue weighted by atomic mass is 35.5. The van der Waals surface area contributed by atoms with Crippen LogP contribution in [0.4, 0.5) is 4.39 Å². The van der Waals surface area contributed by atoms with Crippen molar-refractivity contribution in [1.29, 1.82) is 0 Å². The summed E-state index contributed by atoms with van der Waals surface area (Å²) in [5.41, 5.74) is 2.63. The minimum Gasteiger partial charge on any atom is -0.342 e. The molecule has 6 heteroatoms. The van der Waals surface area contributed by atoms with Crippen molar-refractivity contribution in [3.63, 3.8) is 0 Å². The molecule has 3 aromatic carbocycles. The maximum atomic E-state index is 14.3. The SMILES string of the molecule is C[C@H](NC(=O)c1ccccc1Cl)c1nc2ccccc2n1Cc1ccccc1F. The number of para-hydroxylation sites is 2. The van der Waals surface area contributed by atoms with Gasteiger partial charge < -0.3 is 9.88 Å². The van der Waals surface area contributed by atoms with E-state index in [0.717, 1.165) is 11.0 Å². The van der Waals surface area contributed by atoms with Crippen LogP contribution in [0.3, 0.4) is 0 Å². The number of benzene rings is 3. The Labute approximate surface area is 173 Å². The van der Waals surface area contributed by atoms with Crippen LogP contribution in [0.5, 0.6) is 0 Å². The number of aromatic nitrogens is 2. The van der Waals surface area contributed by atoms with Crippen LogP contribution in [0.1, 0.15) is 34.7 Å². The van der Waals surface area contributed by atoms with E-state index in [4.69, 9.17) is 16.6 Å². The van der Waals surface area contributed by atoms with Crippen molar-refractivity contribution < 1.29 is 9.18 Å². The van der Waals surface area contributed by atoms with Gasteiger partial charge in [0.2, 0.25) is 0 Å². The van der Waals surface area contributed by atoms with Crippen LogP contribution in [-0.4, -0.2) is 15.5 Å². The Hall–Kier alpha value is -3.18. The minimum atomic E-state index is -0.405. The lowest BCUT2D eigenvalue weighted by atomic mass is 10.2. The average molecular weight is 408 g/mol. The summed E-state index contributed by atoms with van der Waals surface area (Å²) in [6, 6.07) is 20.8. The summed E-state index contributed by atoms with van der Waals surface area (Å²) >= 11 is 6.15. The van der Waals surface area contributed by atoms with E-state index in [2.05, 4.69) is 5.32 Å². The molecular formula is C23H19ClFN3O. The Morgan fingerprint density at radius 1 is 1.07 bits per heavy atom. The summed E-state index contributed by atoms with van der Waals surface area (Å²) in [6.45, 7) is 2.17. The van der Waals surface area contributed by atoms with E-state index < -0.39 is 6.04 Å². The zero-order valence-corrected chi connectivity index (χ0v) is 16.5. The summed E-state index contributed by atoms with van der Waals surface area (Å²) in [4.78, 5) is 17.4. The van der Waals surface area contributed by atoms with E-state index in [1.807, 2.05) is 35.8 Å². The molecular weight excluding hydrogens is 389 g/mol. The Bertz CT molecular complexity index is 1190. The number of hydrogen-bond donors (Lipinski definition) is 1. The second kappa shape index (κ2) is 8.05. The summed E-state index contributed by atoms with van der Waals surface area (Å²) in [5.74, 6) is 0.0893. The van der Waals surface area contributed by atoms with Gasteiger partial charge in [-0.1, -0.05) is 54.1 Å². The third-order valence-corrected chi connectivity index (χ3v) is 5.15. The van der Waals surface area contributed by atoms with Crippen LogP contribution in [0.15, 0.2) is 72.8 Å². The van der Waals surface area contributed by atoms with Crippen molar-refractivity contribution in [2.75, 3.05) is 0 Å². The topological polar surface area (TPSA) is 46.9 Å². The molecule has 1 amide bonds. The second-order valence-electron chi connectivity index (χ2n) is 6.81. The molecule has 0 radical (unpaired) electrons. The van der Waals surface area contributed by atoms with Gasteiger partial charge in [-0.3, -0.25) is 4.79 Å². The van der Waals surface area contributed by atoms with Crippen LogP contribution in [0, 0.1) is 5.82 Å². The Kier molecular flexibility index (Phi) is 5.32. The van der Waals surface area contributed by atoms with Crippen molar-refractivity contribution in [2.24, 2.45) is 0 Å². The summed E-state index contributed by atoms with van der Waals surface area (Å²) in [5, 5.41) is 3.34. The fourth-order valence-corrected chi connectivity index (χ4v) is 3.59. The molecule has 1 aromatic heterocycles. The van der Waals surface area contributed by atoms with Crippen LogP contribution in [0.25, 0.3) is 11.0 Å². The summed E-state index contributed by atoms with van der Waals surface area (Å²) in [6.07, 6.45) is 0. The molecule has 29 heavy (non-hydrogen) atoms. The Balaban J connectivity index is 1.70. The number of halogens is 2. The number of carbonyl (C=O) groups excluding carboxylic acids is 1. The van der Waals surface area contributed by atoms with Gasteiger partial charge in [0, 0.05) is 5.56 Å². The first kappa shape index (κ1) is 19.2. The lowest BCUT2D eigenvalue weighted by molar-refractivity contribution is 0.0938. The van der Waals surface area contributed by atoms with Crippen molar-refractivity contribution in [3.8, 4) is 0 Å². The molecule has 0 aliphatic rings. The highest BCUT2D eigenvalue weighted by Gasteiger charge is 2.20. The number of carbonyl (C=O) groups is 1. The first-order chi connectivity index (χ1) is 14.0. The smallest absolute Gasteiger partial charge is 0.253 e. The van der Waals surface area contributed by atoms with Crippen LogP contribution < -0.4 is 5.32 Å². The predicted octanol–water partition coefficient (Wildman–Crippen LogP) is 5.37. The van der Waals surface area contributed by atoms with Gasteiger partial charge in [-0.2, -0.15) is 0 Å². The van der Waals surface area contributed by atoms with Gasteiger partial charge in [-0.15, -0.1) is 0 Å². The number of fused-ring (bicyclic) bond motifs is 1.